The van der Waals surface area contributed by atoms with Gasteiger partial charge < -0.3 is 14.4 Å². The van der Waals surface area contributed by atoms with Crippen LogP contribution in [0.25, 0.3) is 0 Å². The Morgan fingerprint density at radius 3 is 2.67 bits per heavy atom. The highest BCUT2D eigenvalue weighted by molar-refractivity contribution is 5.78. The number of fused-ring (bicyclic) bond motifs is 1. The van der Waals surface area contributed by atoms with Gasteiger partial charge in [0, 0.05) is 57.8 Å². The van der Waals surface area contributed by atoms with Crippen molar-refractivity contribution in [3.63, 3.8) is 0 Å². The molecule has 2 aromatic heterocycles. The molecule has 2 amide bonds. The van der Waals surface area contributed by atoms with Crippen LogP contribution in [0.1, 0.15) is 36.5 Å². The third-order valence-electron chi connectivity index (χ3n) is 5.20. The average Bonchev–Trinajstić information content (AvgIpc) is 3.20. The highest BCUT2D eigenvalue weighted by atomic mass is 16.2. The van der Waals surface area contributed by atoms with Crippen LogP contribution in [0.3, 0.4) is 0 Å². The van der Waals surface area contributed by atoms with E-state index in [1.165, 1.54) is 6.33 Å². The average molecular weight is 369 g/mol. The number of likely N-dealkylation sites (tertiary alicyclic amines) is 1. The lowest BCUT2D eigenvalue weighted by Crippen LogP contribution is -2.34. The zero-order valence-corrected chi connectivity index (χ0v) is 15.3. The number of hydrogen-bond donors (Lipinski definition) is 0. The fraction of sp³-hybridized carbons (Fsp3) is 0.556. The van der Waals surface area contributed by atoms with Crippen LogP contribution in [0.2, 0.25) is 0 Å². The summed E-state index contributed by atoms with van der Waals surface area (Å²) in [5.41, 5.74) is 0.968. The zero-order chi connectivity index (χ0) is 18.6. The Bertz CT molecular complexity index is 820. The molecule has 4 rings (SSSR count). The largest absolute Gasteiger partial charge is 0.340 e. The topological polar surface area (TPSA) is 97.1 Å². The normalized spacial score (nSPS) is 17.1. The molecular formula is C18H23N7O2. The lowest BCUT2D eigenvalue weighted by atomic mass is 10.2. The maximum absolute atomic E-state index is 12.6. The molecule has 0 bridgehead atoms. The van der Waals surface area contributed by atoms with E-state index in [2.05, 4.69) is 24.7 Å². The summed E-state index contributed by atoms with van der Waals surface area (Å²) in [5.74, 6) is 2.02. The Balaban J connectivity index is 1.35. The minimum atomic E-state index is 0.133. The van der Waals surface area contributed by atoms with Crippen LogP contribution in [0.4, 0.5) is 0 Å². The summed E-state index contributed by atoms with van der Waals surface area (Å²) in [6.07, 6.45) is 8.29. The van der Waals surface area contributed by atoms with Crippen molar-refractivity contribution in [2.45, 2.75) is 45.2 Å². The predicted molar refractivity (Wildman–Crippen MR) is 95.3 cm³/mol. The molecule has 1 saturated heterocycles. The smallest absolute Gasteiger partial charge is 0.223 e. The molecule has 2 aliphatic rings. The van der Waals surface area contributed by atoms with Gasteiger partial charge in [-0.2, -0.15) is 0 Å². The van der Waals surface area contributed by atoms with Gasteiger partial charge in [-0.3, -0.25) is 9.59 Å². The summed E-state index contributed by atoms with van der Waals surface area (Å²) >= 11 is 0. The number of carbonyl (C=O) groups is 2. The minimum Gasteiger partial charge on any atom is -0.340 e. The summed E-state index contributed by atoms with van der Waals surface area (Å²) in [6.45, 7) is 3.24. The quantitative estimate of drug-likeness (QED) is 0.747. The van der Waals surface area contributed by atoms with Crippen molar-refractivity contribution in [1.82, 2.24) is 34.5 Å². The van der Waals surface area contributed by atoms with Gasteiger partial charge in [0.25, 0.3) is 0 Å². The van der Waals surface area contributed by atoms with Crippen LogP contribution in [-0.4, -0.2) is 66.0 Å². The van der Waals surface area contributed by atoms with Gasteiger partial charge in [-0.1, -0.05) is 0 Å². The Morgan fingerprint density at radius 2 is 1.89 bits per heavy atom. The van der Waals surface area contributed by atoms with Crippen molar-refractivity contribution in [3.05, 3.63) is 35.9 Å². The number of hydrogen-bond acceptors (Lipinski definition) is 6. The molecule has 27 heavy (non-hydrogen) atoms. The van der Waals surface area contributed by atoms with Crippen molar-refractivity contribution >= 4 is 11.8 Å². The fourth-order valence-corrected chi connectivity index (χ4v) is 3.66. The maximum atomic E-state index is 12.6. The molecule has 0 unspecified atom stereocenters. The summed E-state index contributed by atoms with van der Waals surface area (Å²) < 4.78 is 2.07. The molecule has 4 heterocycles. The van der Waals surface area contributed by atoms with E-state index < -0.39 is 0 Å². The third kappa shape index (κ3) is 3.96. The van der Waals surface area contributed by atoms with E-state index in [-0.39, 0.29) is 11.8 Å². The van der Waals surface area contributed by atoms with Crippen LogP contribution >= 0.6 is 0 Å². The number of aryl methyl sites for hydroxylation is 1. The van der Waals surface area contributed by atoms with Gasteiger partial charge in [-0.15, -0.1) is 10.2 Å². The summed E-state index contributed by atoms with van der Waals surface area (Å²) in [6, 6.07) is 0. The second-order valence-corrected chi connectivity index (χ2v) is 6.98. The van der Waals surface area contributed by atoms with Crippen LogP contribution in [0.15, 0.2) is 18.7 Å². The molecule has 0 aromatic carbocycles. The van der Waals surface area contributed by atoms with E-state index in [0.717, 1.165) is 30.2 Å². The van der Waals surface area contributed by atoms with Crippen LogP contribution in [-0.2, 0) is 35.5 Å². The fourth-order valence-electron chi connectivity index (χ4n) is 3.66. The van der Waals surface area contributed by atoms with Crippen LogP contribution in [0.5, 0.6) is 0 Å². The monoisotopic (exact) mass is 369 g/mol. The first kappa shape index (κ1) is 17.6. The first-order chi connectivity index (χ1) is 13.2. The van der Waals surface area contributed by atoms with Crippen LogP contribution in [0, 0.1) is 0 Å². The first-order valence-electron chi connectivity index (χ1n) is 9.41. The zero-order valence-electron chi connectivity index (χ0n) is 15.3. The maximum Gasteiger partial charge on any atom is 0.223 e. The summed E-state index contributed by atoms with van der Waals surface area (Å²) in [7, 11) is 0. The van der Waals surface area contributed by atoms with Gasteiger partial charge in [0.1, 0.15) is 12.2 Å². The second-order valence-electron chi connectivity index (χ2n) is 6.98. The van der Waals surface area contributed by atoms with Crippen molar-refractivity contribution in [1.29, 1.82) is 0 Å². The van der Waals surface area contributed by atoms with Crippen LogP contribution < -0.4 is 0 Å². The number of nitrogens with zero attached hydrogens (tertiary/aromatic N) is 7. The predicted octanol–water partition coefficient (Wildman–Crippen LogP) is 0.208. The number of amides is 2. The van der Waals surface area contributed by atoms with Gasteiger partial charge in [0.2, 0.25) is 11.8 Å². The Hall–Kier alpha value is -2.84. The Kier molecular flexibility index (Phi) is 5.08. The molecule has 0 spiro atoms. The Labute approximate surface area is 157 Å². The van der Waals surface area contributed by atoms with Gasteiger partial charge in [-0.25, -0.2) is 9.97 Å². The summed E-state index contributed by atoms with van der Waals surface area (Å²) in [4.78, 5) is 36.2. The SMILES string of the molecule is O=C(CCc1cncnc1)N1CCc2nnc(CN3CCCC3=O)n2CC1. The number of carbonyl (C=O) groups excluding carboxylic acids is 2. The Morgan fingerprint density at radius 1 is 1.04 bits per heavy atom. The third-order valence-corrected chi connectivity index (χ3v) is 5.20. The molecular weight excluding hydrogens is 346 g/mol. The molecule has 0 radical (unpaired) electrons. The molecule has 0 N–H and O–H groups in total. The first-order valence-corrected chi connectivity index (χ1v) is 9.41. The van der Waals surface area contributed by atoms with Crippen molar-refractivity contribution < 1.29 is 9.59 Å². The molecule has 0 saturated carbocycles. The van der Waals surface area contributed by atoms with Crippen molar-refractivity contribution in [2.75, 3.05) is 19.6 Å². The van der Waals surface area contributed by atoms with E-state index in [0.29, 0.717) is 51.9 Å². The molecule has 1 fully saturated rings. The molecule has 2 aromatic rings. The number of rotatable bonds is 5. The molecule has 9 nitrogen and oxygen atoms in total. The van der Waals surface area contributed by atoms with E-state index in [4.69, 9.17) is 0 Å². The van der Waals surface area contributed by atoms with E-state index in [1.54, 1.807) is 12.4 Å². The van der Waals surface area contributed by atoms with Gasteiger partial charge in [0.15, 0.2) is 5.82 Å². The minimum absolute atomic E-state index is 0.133. The highest BCUT2D eigenvalue weighted by Gasteiger charge is 2.25. The lowest BCUT2D eigenvalue weighted by molar-refractivity contribution is -0.131. The highest BCUT2D eigenvalue weighted by Crippen LogP contribution is 2.16. The van der Waals surface area contributed by atoms with Crippen molar-refractivity contribution in [3.8, 4) is 0 Å². The molecule has 0 aliphatic carbocycles. The van der Waals surface area contributed by atoms with Gasteiger partial charge in [0.05, 0.1) is 6.54 Å². The summed E-state index contributed by atoms with van der Waals surface area (Å²) in [5, 5.41) is 8.58. The van der Waals surface area contributed by atoms with E-state index in [9.17, 15) is 9.59 Å². The molecule has 9 heteroatoms. The molecule has 0 atom stereocenters. The second kappa shape index (κ2) is 7.81. The van der Waals surface area contributed by atoms with Crippen molar-refractivity contribution in [2.24, 2.45) is 0 Å². The standard InChI is InChI=1S/C18H23N7O2/c26-17-2-1-6-24(17)12-16-22-21-15-5-7-23(8-9-25(15)16)18(27)4-3-14-10-19-13-20-11-14/h10-11,13H,1-9,12H2. The van der Waals surface area contributed by atoms with Gasteiger partial charge in [-0.05, 0) is 18.4 Å². The number of aromatic nitrogens is 5. The molecule has 2 aliphatic heterocycles. The van der Waals surface area contributed by atoms with E-state index >= 15 is 0 Å². The van der Waals surface area contributed by atoms with E-state index in [1.807, 2.05) is 9.80 Å². The lowest BCUT2D eigenvalue weighted by Gasteiger charge is -2.20. The van der Waals surface area contributed by atoms with Gasteiger partial charge >= 0.3 is 0 Å². The molecule has 142 valence electrons.